The van der Waals surface area contributed by atoms with Crippen molar-refractivity contribution in [1.29, 1.82) is 0 Å². The van der Waals surface area contributed by atoms with Crippen LogP contribution in [0.5, 0.6) is 5.75 Å². The number of fused-ring (bicyclic) bond motifs is 3. The van der Waals surface area contributed by atoms with Gasteiger partial charge in [-0.25, -0.2) is 4.79 Å². The highest BCUT2D eigenvalue weighted by atomic mass is 16.5. The predicted octanol–water partition coefficient (Wildman–Crippen LogP) is 3.43. The monoisotopic (exact) mass is 442 g/mol. The topological polar surface area (TPSA) is 77.1 Å². The molecule has 0 saturated carbocycles. The number of hydrogen-bond acceptors (Lipinski definition) is 7. The van der Waals surface area contributed by atoms with Crippen LogP contribution in [0.1, 0.15) is 49.0 Å². The van der Waals surface area contributed by atoms with Crippen LogP contribution in [0.2, 0.25) is 0 Å². The second kappa shape index (κ2) is 8.77. The minimum atomic E-state index is -0.701. The van der Waals surface area contributed by atoms with Crippen molar-refractivity contribution in [3.63, 3.8) is 0 Å². The third-order valence-corrected chi connectivity index (χ3v) is 7.72. The van der Waals surface area contributed by atoms with E-state index in [0.29, 0.717) is 29.2 Å². The van der Waals surface area contributed by atoms with Crippen molar-refractivity contribution in [2.75, 3.05) is 39.7 Å². The Kier molecular flexibility index (Phi) is 6.21. The second-order valence-corrected chi connectivity index (χ2v) is 9.03. The van der Waals surface area contributed by atoms with E-state index in [2.05, 4.69) is 24.1 Å². The fraction of sp³-hybridized carbons (Fsp3) is 0.600. The van der Waals surface area contributed by atoms with Gasteiger partial charge in [0.25, 0.3) is 0 Å². The minimum absolute atomic E-state index is 0.0186. The molecule has 1 N–H and O–H groups in total. The van der Waals surface area contributed by atoms with Gasteiger partial charge in [0.1, 0.15) is 11.3 Å². The van der Waals surface area contributed by atoms with E-state index in [4.69, 9.17) is 14.2 Å². The van der Waals surface area contributed by atoms with E-state index in [1.165, 1.54) is 13.4 Å². The predicted molar refractivity (Wildman–Crippen MR) is 122 cm³/mol. The molecule has 1 aromatic carbocycles. The molecule has 0 unspecified atom stereocenters. The summed E-state index contributed by atoms with van der Waals surface area (Å²) < 4.78 is 16.0. The van der Waals surface area contributed by atoms with Gasteiger partial charge in [-0.2, -0.15) is 0 Å². The van der Waals surface area contributed by atoms with E-state index in [-0.39, 0.29) is 23.7 Å². The van der Waals surface area contributed by atoms with Gasteiger partial charge in [-0.1, -0.05) is 26.3 Å². The largest absolute Gasteiger partial charge is 0.504 e. The number of ether oxygens (including phenoxy) is 3. The summed E-state index contributed by atoms with van der Waals surface area (Å²) >= 11 is 0. The number of Topliss-reactive ketones (excluding diaryl/α,β-unsaturated/α-hetero) is 1. The van der Waals surface area contributed by atoms with Crippen LogP contribution in [0, 0.1) is 11.8 Å². The molecule has 2 saturated heterocycles. The summed E-state index contributed by atoms with van der Waals surface area (Å²) in [5.41, 5.74) is 2.41. The second-order valence-electron chi connectivity index (χ2n) is 9.03. The summed E-state index contributed by atoms with van der Waals surface area (Å²) in [5.74, 6) is 0.693. The van der Waals surface area contributed by atoms with Crippen LogP contribution >= 0.6 is 0 Å². The molecule has 1 spiro atoms. The molecule has 3 aliphatic heterocycles. The summed E-state index contributed by atoms with van der Waals surface area (Å²) in [6, 6.07) is 4.03. The van der Waals surface area contributed by atoms with E-state index in [1.807, 2.05) is 12.1 Å². The third kappa shape index (κ3) is 3.29. The SMILES string of the molecule is CCc1ccc2c(c1OC)C(=O)[C@@]1(CCN3C[C@@H](CC)[C@@H](/C(=C\OC)C(=O)OC)C[C@H]31)N2. The van der Waals surface area contributed by atoms with E-state index in [0.717, 1.165) is 43.6 Å². The molecular formula is C25H34N2O5. The van der Waals surface area contributed by atoms with Gasteiger partial charge < -0.3 is 19.5 Å². The molecule has 0 bridgehead atoms. The molecule has 3 aliphatic rings. The van der Waals surface area contributed by atoms with Crippen LogP contribution in [-0.4, -0.2) is 62.7 Å². The molecule has 7 nitrogen and oxygen atoms in total. The molecular weight excluding hydrogens is 408 g/mol. The maximum absolute atomic E-state index is 14.0. The number of hydrogen-bond donors (Lipinski definition) is 1. The van der Waals surface area contributed by atoms with E-state index < -0.39 is 5.54 Å². The van der Waals surface area contributed by atoms with Crippen molar-refractivity contribution in [2.45, 2.75) is 51.1 Å². The Labute approximate surface area is 190 Å². The van der Waals surface area contributed by atoms with E-state index >= 15 is 0 Å². The number of esters is 1. The molecule has 7 heteroatoms. The van der Waals surface area contributed by atoms with Crippen LogP contribution in [0.4, 0.5) is 5.69 Å². The van der Waals surface area contributed by atoms with Crippen molar-refractivity contribution in [3.05, 3.63) is 35.1 Å². The highest BCUT2D eigenvalue weighted by molar-refractivity contribution is 6.16. The van der Waals surface area contributed by atoms with Crippen LogP contribution < -0.4 is 10.1 Å². The number of ketones is 1. The number of nitrogens with zero attached hydrogens (tertiary/aromatic N) is 1. The molecule has 3 heterocycles. The van der Waals surface area contributed by atoms with Gasteiger partial charge in [0.05, 0.1) is 38.7 Å². The number of carbonyl (C=O) groups is 2. The Hall–Kier alpha value is -2.54. The fourth-order valence-electron chi connectivity index (χ4n) is 6.11. The molecule has 2 fully saturated rings. The smallest absolute Gasteiger partial charge is 0.337 e. The fourth-order valence-corrected chi connectivity index (χ4v) is 6.11. The van der Waals surface area contributed by atoms with Crippen molar-refractivity contribution in [1.82, 2.24) is 4.90 Å². The lowest BCUT2D eigenvalue weighted by Gasteiger charge is -2.45. The highest BCUT2D eigenvalue weighted by Crippen LogP contribution is 2.51. The number of piperidine rings is 1. The lowest BCUT2D eigenvalue weighted by molar-refractivity contribution is -0.137. The van der Waals surface area contributed by atoms with Gasteiger partial charge in [-0.15, -0.1) is 0 Å². The number of aryl methyl sites for hydroxylation is 1. The van der Waals surface area contributed by atoms with E-state index in [9.17, 15) is 9.59 Å². The summed E-state index contributed by atoms with van der Waals surface area (Å²) in [6.07, 6.45) is 4.69. The normalized spacial score (nSPS) is 29.5. The maximum atomic E-state index is 14.0. The Morgan fingerprint density at radius 3 is 2.69 bits per heavy atom. The number of rotatable bonds is 6. The number of nitrogens with one attached hydrogen (secondary N) is 1. The molecule has 4 atom stereocenters. The van der Waals surface area contributed by atoms with Crippen molar-refractivity contribution in [3.8, 4) is 5.75 Å². The average molecular weight is 443 g/mol. The summed E-state index contributed by atoms with van der Waals surface area (Å²) in [7, 11) is 4.58. The van der Waals surface area contributed by atoms with Gasteiger partial charge in [-0.05, 0) is 42.7 Å². The quantitative estimate of drug-likeness (QED) is 0.411. The maximum Gasteiger partial charge on any atom is 0.337 e. The Morgan fingerprint density at radius 2 is 2.06 bits per heavy atom. The number of anilines is 1. The van der Waals surface area contributed by atoms with E-state index in [1.54, 1.807) is 14.2 Å². The zero-order valence-electron chi connectivity index (χ0n) is 19.7. The molecule has 1 aromatic rings. The third-order valence-electron chi connectivity index (χ3n) is 7.72. The molecule has 0 radical (unpaired) electrons. The van der Waals surface area contributed by atoms with Gasteiger partial charge in [0.15, 0.2) is 5.78 Å². The first-order chi connectivity index (χ1) is 15.4. The summed E-state index contributed by atoms with van der Waals surface area (Å²) in [5, 5.41) is 3.61. The zero-order valence-corrected chi connectivity index (χ0v) is 19.7. The van der Waals surface area contributed by atoms with Gasteiger partial charge in [0.2, 0.25) is 0 Å². The van der Waals surface area contributed by atoms with Crippen molar-refractivity contribution in [2.24, 2.45) is 11.8 Å². The molecule has 0 aliphatic carbocycles. The molecule has 0 aromatic heterocycles. The van der Waals surface area contributed by atoms with Crippen LogP contribution in [0.25, 0.3) is 0 Å². The molecule has 174 valence electrons. The van der Waals surface area contributed by atoms with Crippen LogP contribution in [-0.2, 0) is 20.7 Å². The van der Waals surface area contributed by atoms with Crippen LogP contribution in [0.3, 0.4) is 0 Å². The number of benzene rings is 1. The van der Waals surface area contributed by atoms with Crippen molar-refractivity contribution >= 4 is 17.4 Å². The minimum Gasteiger partial charge on any atom is -0.504 e. The van der Waals surface area contributed by atoms with Crippen molar-refractivity contribution < 1.29 is 23.8 Å². The Bertz CT molecular complexity index is 943. The van der Waals surface area contributed by atoms with Gasteiger partial charge >= 0.3 is 5.97 Å². The average Bonchev–Trinajstić information content (AvgIpc) is 3.32. The van der Waals surface area contributed by atoms with Crippen LogP contribution in [0.15, 0.2) is 24.0 Å². The summed E-state index contributed by atoms with van der Waals surface area (Å²) in [4.78, 5) is 29.0. The first-order valence-corrected chi connectivity index (χ1v) is 11.5. The molecule has 4 rings (SSSR count). The lowest BCUT2D eigenvalue weighted by Crippen LogP contribution is -2.57. The van der Waals surface area contributed by atoms with Gasteiger partial charge in [0, 0.05) is 24.8 Å². The number of carbonyl (C=O) groups excluding carboxylic acids is 2. The zero-order chi connectivity index (χ0) is 23.0. The lowest BCUT2D eigenvalue weighted by atomic mass is 9.72. The molecule has 0 amide bonds. The standard InChI is InChI=1S/C25H34N2O5/c1-6-15-8-9-19-21(22(15)31-4)23(28)25(26-19)10-11-27-13-16(7-2)17(12-20(25)27)18(14-30-3)24(29)32-5/h8-9,14,16-17,20,26H,6-7,10-13H2,1-5H3/b18-14+/t16-,17+,20+,25+/m1/s1. The first kappa shape index (κ1) is 22.6. The first-order valence-electron chi connectivity index (χ1n) is 11.5. The number of methoxy groups -OCH3 is 3. The molecule has 32 heavy (non-hydrogen) atoms. The summed E-state index contributed by atoms with van der Waals surface area (Å²) in [6.45, 7) is 5.91. The Balaban J connectivity index is 1.72. The highest BCUT2D eigenvalue weighted by Gasteiger charge is 2.60. The van der Waals surface area contributed by atoms with Gasteiger partial charge in [-0.3, -0.25) is 9.69 Å². The Morgan fingerprint density at radius 1 is 1.28 bits per heavy atom.